The molecule has 2 aromatic rings. The van der Waals surface area contributed by atoms with Gasteiger partial charge in [0, 0.05) is 12.2 Å². The molecule has 0 N–H and O–H groups in total. The Balaban J connectivity index is 2.06. The smallest absolute Gasteiger partial charge is 0.363 e. The Morgan fingerprint density at radius 2 is 1.17 bits per heavy atom. The number of para-hydroxylation sites is 2. The summed E-state index contributed by atoms with van der Waals surface area (Å²) in [5, 5.41) is 0.110. The van der Waals surface area contributed by atoms with Crippen molar-refractivity contribution in [3.8, 4) is 11.5 Å². The minimum Gasteiger partial charge on any atom is -0.417 e. The van der Waals surface area contributed by atoms with E-state index in [1.54, 1.807) is 0 Å². The molecule has 0 spiro atoms. The fourth-order valence-electron chi connectivity index (χ4n) is 1.54. The van der Waals surface area contributed by atoms with Gasteiger partial charge in [-0.3, -0.25) is 0 Å². The molecule has 0 amide bonds. The fraction of sp³-hybridized carbons (Fsp3) is 0.133. The summed E-state index contributed by atoms with van der Waals surface area (Å²) in [7, 11) is 0. The van der Waals surface area contributed by atoms with Gasteiger partial charge in [-0.15, -0.1) is 0 Å². The maximum atomic E-state index is 5.51. The second-order valence-electron chi connectivity index (χ2n) is 3.99. The number of hydrogen-bond donors (Lipinski definition) is 0. The third kappa shape index (κ3) is 3.08. The van der Waals surface area contributed by atoms with Crippen LogP contribution in [-0.4, -0.2) is 5.24 Å². The first-order valence-electron chi connectivity index (χ1n) is 5.68. The monoisotopic (exact) mass is 258 g/mol. The average molecular weight is 258 g/mol. The van der Waals surface area contributed by atoms with Crippen molar-refractivity contribution in [1.82, 2.24) is 0 Å². The molecule has 3 heteroatoms. The molecule has 0 unspecified atom stereocenters. The zero-order valence-corrected chi connectivity index (χ0v) is 11.2. The lowest BCUT2D eigenvalue weighted by Gasteiger charge is -2.11. The Kier molecular flexibility index (Phi) is 3.95. The molecule has 0 saturated carbocycles. The number of ether oxygens (including phenoxy) is 2. The third-order valence-electron chi connectivity index (χ3n) is 2.57. The highest BCUT2D eigenvalue weighted by Crippen LogP contribution is 2.20. The highest BCUT2D eigenvalue weighted by molar-refractivity contribution is 7.79. The van der Waals surface area contributed by atoms with Gasteiger partial charge in [0.1, 0.15) is 11.5 Å². The summed E-state index contributed by atoms with van der Waals surface area (Å²) in [6, 6.07) is 15.4. The van der Waals surface area contributed by atoms with E-state index in [2.05, 4.69) is 0 Å². The van der Waals surface area contributed by atoms with Crippen LogP contribution in [0.3, 0.4) is 0 Å². The third-order valence-corrected chi connectivity index (χ3v) is 2.74. The number of benzene rings is 2. The van der Waals surface area contributed by atoms with Gasteiger partial charge < -0.3 is 9.47 Å². The second kappa shape index (κ2) is 5.65. The zero-order chi connectivity index (χ0) is 13.0. The molecule has 2 aromatic carbocycles. The first-order chi connectivity index (χ1) is 8.66. The zero-order valence-electron chi connectivity index (χ0n) is 10.3. The summed E-state index contributed by atoms with van der Waals surface area (Å²) in [6.45, 7) is 3.93. The number of rotatable bonds is 2. The van der Waals surface area contributed by atoms with Crippen molar-refractivity contribution in [1.29, 1.82) is 0 Å². The Labute approximate surface area is 112 Å². The van der Waals surface area contributed by atoms with Crippen molar-refractivity contribution in [2.75, 3.05) is 0 Å². The number of thiocarbonyl (C=S) groups is 1. The van der Waals surface area contributed by atoms with Gasteiger partial charge in [-0.2, -0.15) is 0 Å². The minimum atomic E-state index is 0.110. The Morgan fingerprint density at radius 1 is 0.778 bits per heavy atom. The summed E-state index contributed by atoms with van der Waals surface area (Å²) in [6.07, 6.45) is 0. The minimum absolute atomic E-state index is 0.110. The van der Waals surface area contributed by atoms with Crippen LogP contribution in [0.4, 0.5) is 0 Å². The lowest BCUT2D eigenvalue weighted by atomic mass is 10.2. The molecule has 0 atom stereocenters. The van der Waals surface area contributed by atoms with Gasteiger partial charge in [-0.1, -0.05) is 36.4 Å². The van der Waals surface area contributed by atoms with Gasteiger partial charge in [0.2, 0.25) is 0 Å². The predicted molar refractivity (Wildman–Crippen MR) is 76.2 cm³/mol. The van der Waals surface area contributed by atoms with Crippen LogP contribution < -0.4 is 9.47 Å². The summed E-state index contributed by atoms with van der Waals surface area (Å²) in [4.78, 5) is 0. The van der Waals surface area contributed by atoms with E-state index in [1.165, 1.54) is 0 Å². The molecular formula is C15H14O2S. The van der Waals surface area contributed by atoms with Gasteiger partial charge in [0.05, 0.1) is 0 Å². The van der Waals surface area contributed by atoms with Crippen LogP contribution in [0.1, 0.15) is 11.1 Å². The molecule has 2 rings (SSSR count). The summed E-state index contributed by atoms with van der Waals surface area (Å²) in [5.74, 6) is 1.44. The molecule has 0 aliphatic heterocycles. The fourth-order valence-corrected chi connectivity index (χ4v) is 1.72. The van der Waals surface area contributed by atoms with Crippen LogP contribution >= 0.6 is 12.2 Å². The SMILES string of the molecule is Cc1ccccc1OC(=S)Oc1ccccc1C. The summed E-state index contributed by atoms with van der Waals surface area (Å²) >= 11 is 5.09. The van der Waals surface area contributed by atoms with Crippen molar-refractivity contribution in [2.45, 2.75) is 13.8 Å². The quantitative estimate of drug-likeness (QED) is 0.757. The lowest BCUT2D eigenvalue weighted by Crippen LogP contribution is -2.14. The van der Waals surface area contributed by atoms with Crippen molar-refractivity contribution in [3.63, 3.8) is 0 Å². The van der Waals surface area contributed by atoms with E-state index in [9.17, 15) is 0 Å². The Bertz CT molecular complexity index is 514. The van der Waals surface area contributed by atoms with Crippen molar-refractivity contribution in [2.24, 2.45) is 0 Å². The number of aryl methyl sites for hydroxylation is 2. The average Bonchev–Trinajstić information content (AvgIpc) is 2.35. The van der Waals surface area contributed by atoms with Crippen molar-refractivity contribution < 1.29 is 9.47 Å². The van der Waals surface area contributed by atoms with E-state index in [4.69, 9.17) is 21.7 Å². The van der Waals surface area contributed by atoms with E-state index < -0.39 is 0 Å². The van der Waals surface area contributed by atoms with Crippen LogP contribution in [0.5, 0.6) is 11.5 Å². The second-order valence-corrected chi connectivity index (χ2v) is 4.32. The summed E-state index contributed by atoms with van der Waals surface area (Å²) in [5.41, 5.74) is 2.04. The van der Waals surface area contributed by atoms with Crippen LogP contribution in [-0.2, 0) is 0 Å². The highest BCUT2D eigenvalue weighted by atomic mass is 32.1. The van der Waals surface area contributed by atoms with E-state index >= 15 is 0 Å². The van der Waals surface area contributed by atoms with Crippen LogP contribution in [0.25, 0.3) is 0 Å². The molecule has 0 aliphatic rings. The van der Waals surface area contributed by atoms with Gasteiger partial charge in [-0.05, 0) is 37.1 Å². The highest BCUT2D eigenvalue weighted by Gasteiger charge is 2.06. The van der Waals surface area contributed by atoms with Gasteiger partial charge in [0.25, 0.3) is 0 Å². The van der Waals surface area contributed by atoms with E-state index in [0.29, 0.717) is 0 Å². The first-order valence-corrected chi connectivity index (χ1v) is 6.08. The molecule has 0 radical (unpaired) electrons. The number of hydrogen-bond acceptors (Lipinski definition) is 3. The first kappa shape index (κ1) is 12.6. The standard InChI is InChI=1S/C15H14O2S/c1-11-7-3-5-9-13(11)16-15(18)17-14-10-6-4-8-12(14)2/h3-10H,1-2H3. The van der Waals surface area contributed by atoms with Crippen LogP contribution in [0.15, 0.2) is 48.5 Å². The maximum absolute atomic E-state index is 5.51. The van der Waals surface area contributed by atoms with E-state index in [-0.39, 0.29) is 5.24 Å². The molecule has 0 bridgehead atoms. The van der Waals surface area contributed by atoms with Gasteiger partial charge >= 0.3 is 5.24 Å². The van der Waals surface area contributed by atoms with Crippen LogP contribution in [0.2, 0.25) is 0 Å². The molecule has 0 aliphatic carbocycles. The topological polar surface area (TPSA) is 18.5 Å². The maximum Gasteiger partial charge on any atom is 0.363 e. The lowest BCUT2D eigenvalue weighted by molar-refractivity contribution is 0.400. The molecule has 2 nitrogen and oxygen atoms in total. The largest absolute Gasteiger partial charge is 0.417 e. The predicted octanol–water partition coefficient (Wildman–Crippen LogP) is 4.05. The van der Waals surface area contributed by atoms with Gasteiger partial charge in [-0.25, -0.2) is 0 Å². The van der Waals surface area contributed by atoms with Crippen LogP contribution in [0, 0.1) is 13.8 Å². The molecule has 0 saturated heterocycles. The van der Waals surface area contributed by atoms with Crippen molar-refractivity contribution in [3.05, 3.63) is 59.7 Å². The van der Waals surface area contributed by atoms with E-state index in [1.807, 2.05) is 62.4 Å². The normalized spacial score (nSPS) is 9.89. The Morgan fingerprint density at radius 3 is 1.56 bits per heavy atom. The molecule has 92 valence electrons. The molecular weight excluding hydrogens is 244 g/mol. The van der Waals surface area contributed by atoms with Crippen molar-refractivity contribution >= 4 is 17.5 Å². The molecule has 0 heterocycles. The molecule has 18 heavy (non-hydrogen) atoms. The Hall–Kier alpha value is -1.87. The summed E-state index contributed by atoms with van der Waals surface area (Å²) < 4.78 is 11.0. The van der Waals surface area contributed by atoms with Gasteiger partial charge in [0.15, 0.2) is 0 Å². The molecule has 0 aromatic heterocycles. The molecule has 0 fully saturated rings. The van der Waals surface area contributed by atoms with E-state index in [0.717, 1.165) is 22.6 Å².